The highest BCUT2D eigenvalue weighted by Gasteiger charge is 2.67. The molecule has 0 heterocycles. The molecule has 1 aliphatic carbocycles. The summed E-state index contributed by atoms with van der Waals surface area (Å²) >= 11 is 0. The molecular weight excluding hydrogens is 246 g/mol. The van der Waals surface area contributed by atoms with E-state index in [-0.39, 0.29) is 0 Å². The summed E-state index contributed by atoms with van der Waals surface area (Å²) in [6.07, 6.45) is 0. The fourth-order valence-electron chi connectivity index (χ4n) is 3.69. The minimum absolute atomic E-state index is 0.376. The summed E-state index contributed by atoms with van der Waals surface area (Å²) in [6.45, 7) is 15.5. The fraction of sp³-hybridized carbons (Fsp3) is 0.667. The molecule has 20 heavy (non-hydrogen) atoms. The number of hydrogen-bond donors (Lipinski definition) is 1. The van der Waals surface area contributed by atoms with Crippen molar-refractivity contribution in [2.24, 2.45) is 16.7 Å². The Kier molecular flexibility index (Phi) is 4.15. The van der Waals surface area contributed by atoms with Crippen LogP contribution in [0.5, 0.6) is 5.75 Å². The molecule has 2 heteroatoms. The van der Waals surface area contributed by atoms with Crippen molar-refractivity contribution in [3.63, 3.8) is 0 Å². The van der Waals surface area contributed by atoms with Crippen molar-refractivity contribution >= 4 is 0 Å². The van der Waals surface area contributed by atoms with E-state index in [0.29, 0.717) is 22.8 Å². The molecule has 2 nitrogen and oxygen atoms in total. The van der Waals surface area contributed by atoms with E-state index in [9.17, 15) is 0 Å². The van der Waals surface area contributed by atoms with Gasteiger partial charge in [-0.3, -0.25) is 0 Å². The van der Waals surface area contributed by atoms with Crippen molar-refractivity contribution in [3.05, 3.63) is 29.8 Å². The van der Waals surface area contributed by atoms with Crippen molar-refractivity contribution < 1.29 is 4.74 Å². The van der Waals surface area contributed by atoms with Crippen molar-refractivity contribution in [1.82, 2.24) is 5.32 Å². The van der Waals surface area contributed by atoms with Crippen molar-refractivity contribution in [2.45, 2.75) is 47.6 Å². The summed E-state index contributed by atoms with van der Waals surface area (Å²) in [7, 11) is 0. The third kappa shape index (κ3) is 2.46. The van der Waals surface area contributed by atoms with Crippen molar-refractivity contribution in [1.29, 1.82) is 0 Å². The molecule has 1 saturated carbocycles. The first kappa shape index (κ1) is 15.4. The Morgan fingerprint density at radius 1 is 1.15 bits per heavy atom. The molecule has 0 aliphatic heterocycles. The fourth-order valence-corrected chi connectivity index (χ4v) is 3.69. The lowest BCUT2D eigenvalue weighted by atomic mass is 9.96. The zero-order chi connectivity index (χ0) is 15.0. The minimum atomic E-state index is 0.376. The maximum absolute atomic E-state index is 5.65. The standard InChI is InChI=1S/C18H29NO/c1-7-19-15(16-17(3,4)18(16,5)6)13-10-9-11-14(12-13)20-8-2/h9-12,15-16,19H,7-8H2,1-6H3. The van der Waals surface area contributed by atoms with Gasteiger partial charge in [-0.05, 0) is 47.9 Å². The van der Waals surface area contributed by atoms with Gasteiger partial charge in [0.1, 0.15) is 5.75 Å². The number of ether oxygens (including phenoxy) is 1. The van der Waals surface area contributed by atoms with Gasteiger partial charge in [0.15, 0.2) is 0 Å². The lowest BCUT2D eigenvalue weighted by molar-refractivity contribution is 0.338. The van der Waals surface area contributed by atoms with Crippen LogP contribution in [0.3, 0.4) is 0 Å². The summed E-state index contributed by atoms with van der Waals surface area (Å²) in [5.74, 6) is 1.64. The Labute approximate surface area is 123 Å². The Morgan fingerprint density at radius 3 is 2.30 bits per heavy atom. The van der Waals surface area contributed by atoms with Crippen molar-refractivity contribution in [2.75, 3.05) is 13.2 Å². The highest BCUT2D eigenvalue weighted by Crippen LogP contribution is 2.72. The van der Waals surface area contributed by atoms with Gasteiger partial charge in [-0.15, -0.1) is 0 Å². The highest BCUT2D eigenvalue weighted by molar-refractivity contribution is 5.34. The molecule has 1 aromatic carbocycles. The van der Waals surface area contributed by atoms with Crippen LogP contribution in [0, 0.1) is 16.7 Å². The lowest BCUT2D eigenvalue weighted by Gasteiger charge is -2.21. The molecule has 0 saturated heterocycles. The smallest absolute Gasteiger partial charge is 0.119 e. The molecule has 112 valence electrons. The summed E-state index contributed by atoms with van der Waals surface area (Å²) in [6, 6.07) is 8.97. The van der Waals surface area contributed by atoms with Crippen molar-refractivity contribution in [3.8, 4) is 5.75 Å². The van der Waals surface area contributed by atoms with E-state index in [1.165, 1.54) is 5.56 Å². The maximum Gasteiger partial charge on any atom is 0.119 e. The van der Waals surface area contributed by atoms with Crippen LogP contribution in [0.1, 0.15) is 53.1 Å². The topological polar surface area (TPSA) is 21.3 Å². The molecule has 1 aliphatic rings. The Bertz CT molecular complexity index is 450. The molecule has 0 radical (unpaired) electrons. The van der Waals surface area contributed by atoms with E-state index in [2.05, 4.69) is 58.1 Å². The van der Waals surface area contributed by atoms with Crippen LogP contribution < -0.4 is 10.1 Å². The van der Waals surface area contributed by atoms with Gasteiger partial charge in [0.25, 0.3) is 0 Å². The van der Waals surface area contributed by atoms with E-state index in [1.54, 1.807) is 0 Å². The second-order valence-electron chi connectivity index (χ2n) is 6.96. The highest BCUT2D eigenvalue weighted by atomic mass is 16.5. The molecule has 0 spiro atoms. The predicted octanol–water partition coefficient (Wildman–Crippen LogP) is 4.42. The van der Waals surface area contributed by atoms with Crippen LogP contribution >= 0.6 is 0 Å². The molecule has 1 aromatic rings. The van der Waals surface area contributed by atoms with Crippen LogP contribution in [-0.2, 0) is 0 Å². The molecule has 1 atom stereocenters. The SMILES string of the molecule is CCNC(c1cccc(OCC)c1)C1C(C)(C)C1(C)C. The Morgan fingerprint density at radius 2 is 1.80 bits per heavy atom. The normalized spacial score (nSPS) is 21.5. The number of rotatable bonds is 6. The van der Waals surface area contributed by atoms with Gasteiger partial charge in [0, 0.05) is 6.04 Å². The summed E-state index contributed by atoms with van der Waals surface area (Å²) < 4.78 is 5.65. The molecule has 2 rings (SSSR count). The lowest BCUT2D eigenvalue weighted by Crippen LogP contribution is -2.25. The van der Waals surface area contributed by atoms with Crippen LogP contribution in [-0.4, -0.2) is 13.2 Å². The second kappa shape index (κ2) is 5.40. The van der Waals surface area contributed by atoms with Gasteiger partial charge >= 0.3 is 0 Å². The van der Waals surface area contributed by atoms with E-state index in [4.69, 9.17) is 4.74 Å². The molecule has 0 bridgehead atoms. The minimum Gasteiger partial charge on any atom is -0.494 e. The van der Waals surface area contributed by atoms with E-state index < -0.39 is 0 Å². The first-order valence-electron chi connectivity index (χ1n) is 7.82. The number of benzene rings is 1. The van der Waals surface area contributed by atoms with Gasteiger partial charge in [0.2, 0.25) is 0 Å². The zero-order valence-electron chi connectivity index (χ0n) is 13.8. The van der Waals surface area contributed by atoms with Gasteiger partial charge in [0.05, 0.1) is 6.61 Å². The quantitative estimate of drug-likeness (QED) is 0.830. The van der Waals surface area contributed by atoms with Gasteiger partial charge in [-0.25, -0.2) is 0 Å². The summed E-state index contributed by atoms with van der Waals surface area (Å²) in [4.78, 5) is 0. The molecule has 1 N–H and O–H groups in total. The largest absolute Gasteiger partial charge is 0.494 e. The van der Waals surface area contributed by atoms with E-state index in [1.807, 2.05) is 13.0 Å². The third-order valence-electron chi connectivity index (χ3n) is 5.42. The first-order chi connectivity index (χ1) is 9.36. The van der Waals surface area contributed by atoms with Crippen LogP contribution in [0.2, 0.25) is 0 Å². The average molecular weight is 275 g/mol. The Hall–Kier alpha value is -1.02. The molecular formula is C18H29NO. The summed E-state index contributed by atoms with van der Waals surface area (Å²) in [5, 5.41) is 3.69. The Balaban J connectivity index is 2.28. The predicted molar refractivity (Wildman–Crippen MR) is 85.1 cm³/mol. The first-order valence-corrected chi connectivity index (χ1v) is 7.82. The summed E-state index contributed by atoms with van der Waals surface area (Å²) in [5.41, 5.74) is 2.10. The molecule has 1 fully saturated rings. The second-order valence-corrected chi connectivity index (χ2v) is 6.96. The third-order valence-corrected chi connectivity index (χ3v) is 5.42. The van der Waals surface area contributed by atoms with Crippen LogP contribution in [0.15, 0.2) is 24.3 Å². The van der Waals surface area contributed by atoms with Crippen LogP contribution in [0.4, 0.5) is 0 Å². The zero-order valence-corrected chi connectivity index (χ0v) is 13.8. The van der Waals surface area contributed by atoms with Gasteiger partial charge in [-0.2, -0.15) is 0 Å². The number of nitrogens with one attached hydrogen (secondary N) is 1. The average Bonchev–Trinajstić information content (AvgIpc) is 2.78. The molecule has 1 unspecified atom stereocenters. The van der Waals surface area contributed by atoms with Gasteiger partial charge in [-0.1, -0.05) is 46.8 Å². The van der Waals surface area contributed by atoms with Crippen LogP contribution in [0.25, 0.3) is 0 Å². The monoisotopic (exact) mass is 275 g/mol. The van der Waals surface area contributed by atoms with Gasteiger partial charge < -0.3 is 10.1 Å². The molecule has 0 amide bonds. The van der Waals surface area contributed by atoms with E-state index >= 15 is 0 Å². The van der Waals surface area contributed by atoms with E-state index in [0.717, 1.165) is 18.9 Å². The maximum atomic E-state index is 5.65. The number of hydrogen-bond acceptors (Lipinski definition) is 2. The molecule has 0 aromatic heterocycles.